The number of aryl methyl sites for hydroxylation is 3. The van der Waals surface area contributed by atoms with Crippen LogP contribution in [0.15, 0.2) is 56.6 Å². The third-order valence-electron chi connectivity index (χ3n) is 5.64. The molecule has 2 aromatic heterocycles. The molecule has 0 atom stereocenters. The van der Waals surface area contributed by atoms with Crippen molar-refractivity contribution >= 4 is 38.1 Å². The van der Waals surface area contributed by atoms with Crippen LogP contribution >= 0.6 is 0 Å². The number of carbonyl (C=O) groups excluding carboxylic acids is 1. The molecule has 0 unspecified atom stereocenters. The highest BCUT2D eigenvalue weighted by atomic mass is 32.2. The molecule has 11 heteroatoms. The first-order valence-corrected chi connectivity index (χ1v) is 12.2. The summed E-state index contributed by atoms with van der Waals surface area (Å²) in [6.07, 6.45) is 0.963. The van der Waals surface area contributed by atoms with Gasteiger partial charge >= 0.3 is 11.7 Å². The number of rotatable bonds is 9. The van der Waals surface area contributed by atoms with Gasteiger partial charge in [0.05, 0.1) is 34.5 Å². The lowest BCUT2D eigenvalue weighted by Crippen LogP contribution is -2.22. The van der Waals surface area contributed by atoms with E-state index in [1.165, 1.54) is 24.7 Å². The molecule has 0 radical (unpaired) electrons. The Morgan fingerprint density at radius 2 is 1.91 bits per heavy atom. The quantitative estimate of drug-likeness (QED) is 0.263. The fourth-order valence-corrected chi connectivity index (χ4v) is 4.67. The van der Waals surface area contributed by atoms with Gasteiger partial charge in [-0.3, -0.25) is 9.36 Å². The summed E-state index contributed by atoms with van der Waals surface area (Å²) >= 11 is 0. The number of para-hydroxylation sites is 2. The predicted molar refractivity (Wildman–Crippen MR) is 126 cm³/mol. The number of esters is 1. The van der Waals surface area contributed by atoms with Crippen molar-refractivity contribution in [3.05, 3.63) is 58.8 Å². The number of benzene rings is 2. The van der Waals surface area contributed by atoms with Crippen LogP contribution in [0.3, 0.4) is 0 Å². The number of nitrogens with zero attached hydrogens (tertiary/aromatic N) is 4. The van der Waals surface area contributed by atoms with Crippen LogP contribution in [0.25, 0.3) is 22.1 Å². The first-order chi connectivity index (χ1) is 16.2. The summed E-state index contributed by atoms with van der Waals surface area (Å²) in [6.45, 7) is 0.561. The van der Waals surface area contributed by atoms with E-state index >= 15 is 0 Å². The number of hydrogen-bond donors (Lipinski definition) is 0. The number of oxazole rings is 1. The first kappa shape index (κ1) is 23.7. The Hall–Kier alpha value is -3.44. The molecule has 4 aromatic rings. The Morgan fingerprint density at radius 3 is 2.68 bits per heavy atom. The summed E-state index contributed by atoms with van der Waals surface area (Å²) in [7, 11) is 1.22. The lowest BCUT2D eigenvalue weighted by molar-refractivity contribution is -0.143. The summed E-state index contributed by atoms with van der Waals surface area (Å²) in [5.74, 6) is -0.147. The molecule has 4 rings (SSSR count). The minimum Gasteiger partial charge on any atom is -0.466 e. The van der Waals surface area contributed by atoms with E-state index in [9.17, 15) is 18.0 Å². The van der Waals surface area contributed by atoms with Crippen LogP contribution < -0.4 is 5.76 Å². The summed E-state index contributed by atoms with van der Waals surface area (Å²) in [5.41, 5.74) is 2.56. The Bertz CT molecular complexity index is 1510. The fourth-order valence-electron chi connectivity index (χ4n) is 3.74. The smallest absolute Gasteiger partial charge is 0.419 e. The number of sulfonamides is 1. The Kier molecular flexibility index (Phi) is 6.58. The standard InChI is InChI=1S/C23H26N4O6S/c1-25(2)34(30,31)16-9-10-18-17(15-16)24-21(26(18)3)11-12-22(28)32-14-6-13-27-19-7-4-5-8-20(19)33-23(27)29/h4-5,7-10,15H,6,11-14H2,1-3H3. The second kappa shape index (κ2) is 9.43. The molecule has 0 spiro atoms. The molecule has 0 saturated carbocycles. The van der Waals surface area contributed by atoms with E-state index in [0.717, 1.165) is 9.82 Å². The molecule has 0 aliphatic heterocycles. The van der Waals surface area contributed by atoms with Gasteiger partial charge in [0.15, 0.2) is 5.58 Å². The molecule has 2 heterocycles. The van der Waals surface area contributed by atoms with Crippen molar-refractivity contribution in [2.45, 2.75) is 30.7 Å². The minimum absolute atomic E-state index is 0.134. The topological polar surface area (TPSA) is 117 Å². The van der Waals surface area contributed by atoms with Crippen molar-refractivity contribution in [1.29, 1.82) is 0 Å². The number of ether oxygens (including phenoxy) is 1. The van der Waals surface area contributed by atoms with Crippen LogP contribution in [0.1, 0.15) is 18.7 Å². The van der Waals surface area contributed by atoms with Gasteiger partial charge in [-0.05, 0) is 36.8 Å². The molecular formula is C23H26N4O6S. The highest BCUT2D eigenvalue weighted by Crippen LogP contribution is 2.22. The van der Waals surface area contributed by atoms with Crippen molar-refractivity contribution in [2.24, 2.45) is 7.05 Å². The largest absolute Gasteiger partial charge is 0.466 e. The van der Waals surface area contributed by atoms with Crippen LogP contribution in [-0.4, -0.2) is 53.5 Å². The van der Waals surface area contributed by atoms with Gasteiger partial charge in [-0.15, -0.1) is 0 Å². The van der Waals surface area contributed by atoms with Crippen LogP contribution in [0.2, 0.25) is 0 Å². The van der Waals surface area contributed by atoms with Gasteiger partial charge in [-0.25, -0.2) is 22.5 Å². The van der Waals surface area contributed by atoms with Crippen LogP contribution in [0, 0.1) is 0 Å². The lowest BCUT2D eigenvalue weighted by atomic mass is 10.3. The first-order valence-electron chi connectivity index (χ1n) is 10.8. The van der Waals surface area contributed by atoms with E-state index in [-0.39, 0.29) is 23.9 Å². The number of hydrogen-bond acceptors (Lipinski definition) is 7. The second-order valence-electron chi connectivity index (χ2n) is 8.09. The molecule has 0 saturated heterocycles. The molecule has 180 valence electrons. The molecule has 0 bridgehead atoms. The number of carbonyl (C=O) groups is 1. The summed E-state index contributed by atoms with van der Waals surface area (Å²) < 4.78 is 39.8. The zero-order valence-electron chi connectivity index (χ0n) is 19.2. The van der Waals surface area contributed by atoms with Crippen molar-refractivity contribution in [2.75, 3.05) is 20.7 Å². The SMILES string of the molecule is CN(C)S(=O)(=O)c1ccc2c(c1)nc(CCC(=O)OCCCn1c(=O)oc3ccccc31)n2C. The van der Waals surface area contributed by atoms with Crippen molar-refractivity contribution in [3.63, 3.8) is 0 Å². The molecule has 2 aromatic carbocycles. The third kappa shape index (κ3) is 4.62. The van der Waals surface area contributed by atoms with E-state index in [1.54, 1.807) is 24.3 Å². The highest BCUT2D eigenvalue weighted by Gasteiger charge is 2.19. The average molecular weight is 487 g/mol. The van der Waals surface area contributed by atoms with E-state index in [4.69, 9.17) is 9.15 Å². The van der Waals surface area contributed by atoms with Gasteiger partial charge in [0.1, 0.15) is 5.82 Å². The lowest BCUT2D eigenvalue weighted by Gasteiger charge is -2.10. The average Bonchev–Trinajstić information content (AvgIpc) is 3.30. The van der Waals surface area contributed by atoms with Gasteiger partial charge in [0.2, 0.25) is 10.0 Å². The predicted octanol–water partition coefficient (Wildman–Crippen LogP) is 2.30. The molecule has 0 aliphatic carbocycles. The van der Waals surface area contributed by atoms with Crippen LogP contribution in [-0.2, 0) is 39.6 Å². The van der Waals surface area contributed by atoms with E-state index in [0.29, 0.717) is 41.8 Å². The minimum atomic E-state index is -3.56. The summed E-state index contributed by atoms with van der Waals surface area (Å²) in [4.78, 5) is 28.9. The molecule has 0 aliphatic rings. The molecule has 10 nitrogen and oxygen atoms in total. The molecule has 0 amide bonds. The zero-order valence-corrected chi connectivity index (χ0v) is 20.0. The summed E-state index contributed by atoms with van der Waals surface area (Å²) in [6, 6.07) is 12.0. The molecular weight excluding hydrogens is 460 g/mol. The summed E-state index contributed by atoms with van der Waals surface area (Å²) in [5, 5.41) is 0. The number of imidazole rings is 1. The zero-order chi connectivity index (χ0) is 24.5. The van der Waals surface area contributed by atoms with Gasteiger partial charge in [0.25, 0.3) is 0 Å². The van der Waals surface area contributed by atoms with Gasteiger partial charge in [0, 0.05) is 34.1 Å². The maximum atomic E-state index is 12.4. The fraction of sp³-hybridized carbons (Fsp3) is 0.348. The maximum absolute atomic E-state index is 12.4. The van der Waals surface area contributed by atoms with E-state index < -0.39 is 15.8 Å². The number of aromatic nitrogens is 3. The van der Waals surface area contributed by atoms with Crippen LogP contribution in [0.4, 0.5) is 0 Å². The van der Waals surface area contributed by atoms with Crippen molar-refractivity contribution in [3.8, 4) is 0 Å². The monoisotopic (exact) mass is 486 g/mol. The molecule has 0 N–H and O–H groups in total. The molecule has 34 heavy (non-hydrogen) atoms. The Labute approximate surface area is 196 Å². The number of fused-ring (bicyclic) bond motifs is 2. The third-order valence-corrected chi connectivity index (χ3v) is 7.45. The Balaban J connectivity index is 1.33. The van der Waals surface area contributed by atoms with Gasteiger partial charge in [-0.2, -0.15) is 0 Å². The molecule has 0 fully saturated rings. The normalized spacial score (nSPS) is 12.1. The van der Waals surface area contributed by atoms with E-state index in [1.807, 2.05) is 23.7 Å². The van der Waals surface area contributed by atoms with Gasteiger partial charge in [-0.1, -0.05) is 12.1 Å². The Morgan fingerprint density at radius 1 is 1.15 bits per heavy atom. The highest BCUT2D eigenvalue weighted by molar-refractivity contribution is 7.89. The second-order valence-corrected chi connectivity index (χ2v) is 10.2. The van der Waals surface area contributed by atoms with Gasteiger partial charge < -0.3 is 13.7 Å². The van der Waals surface area contributed by atoms with E-state index in [2.05, 4.69) is 4.98 Å². The van der Waals surface area contributed by atoms with Crippen LogP contribution in [0.5, 0.6) is 0 Å². The van der Waals surface area contributed by atoms with Crippen molar-refractivity contribution in [1.82, 2.24) is 18.4 Å². The maximum Gasteiger partial charge on any atom is 0.419 e. The van der Waals surface area contributed by atoms with Crippen molar-refractivity contribution < 1.29 is 22.4 Å².